The number of thiophene rings is 1. The largest absolute Gasteiger partial charge is 0.457 e. The monoisotopic (exact) mass is 421 g/mol. The lowest BCUT2D eigenvalue weighted by Crippen LogP contribution is -2.37. The Balaban J connectivity index is 1.38. The highest BCUT2D eigenvalue weighted by Crippen LogP contribution is 2.35. The number of hydrogen-bond donors (Lipinski definition) is 0. The van der Waals surface area contributed by atoms with Crippen molar-refractivity contribution in [3.05, 3.63) is 35.0 Å². The fourth-order valence-corrected chi connectivity index (χ4v) is 4.61. The summed E-state index contributed by atoms with van der Waals surface area (Å²) in [6.07, 6.45) is 5.26. The maximum atomic E-state index is 12.9. The van der Waals surface area contributed by atoms with E-state index in [-0.39, 0.29) is 24.3 Å². The number of carbonyl (C=O) groups excluding carboxylic acids is 1. The van der Waals surface area contributed by atoms with Gasteiger partial charge < -0.3 is 9.64 Å². The summed E-state index contributed by atoms with van der Waals surface area (Å²) in [5.74, 6) is 0.313. The molecular formula is C19H21F2N5O2S. The van der Waals surface area contributed by atoms with Gasteiger partial charge in [0.25, 0.3) is 0 Å². The molecule has 0 spiro atoms. The van der Waals surface area contributed by atoms with E-state index in [9.17, 15) is 13.6 Å². The SMILES string of the molecule is Cc1sc2ncnc(N3CCC(C(=O)OCc4nccn4C(F)F)CC3)c2c1C. The van der Waals surface area contributed by atoms with Crippen LogP contribution < -0.4 is 4.90 Å². The minimum absolute atomic E-state index is 0.0393. The average Bonchev–Trinajstić information content (AvgIpc) is 3.31. The van der Waals surface area contributed by atoms with Gasteiger partial charge in [-0.15, -0.1) is 11.3 Å². The van der Waals surface area contributed by atoms with Crippen molar-refractivity contribution >= 4 is 33.3 Å². The first-order chi connectivity index (χ1) is 14.0. The molecule has 3 aromatic rings. The van der Waals surface area contributed by atoms with Gasteiger partial charge in [0.1, 0.15) is 23.6 Å². The first-order valence-corrected chi connectivity index (χ1v) is 10.2. The predicted molar refractivity (Wildman–Crippen MR) is 105 cm³/mol. The van der Waals surface area contributed by atoms with Gasteiger partial charge in [0.2, 0.25) is 0 Å². The van der Waals surface area contributed by atoms with E-state index in [1.54, 1.807) is 17.7 Å². The van der Waals surface area contributed by atoms with Crippen LogP contribution in [0.3, 0.4) is 0 Å². The molecule has 0 N–H and O–H groups in total. The van der Waals surface area contributed by atoms with Crippen molar-refractivity contribution in [3.63, 3.8) is 0 Å². The van der Waals surface area contributed by atoms with Gasteiger partial charge in [-0.1, -0.05) is 0 Å². The molecule has 1 fully saturated rings. The van der Waals surface area contributed by atoms with Crippen molar-refractivity contribution in [2.75, 3.05) is 18.0 Å². The van der Waals surface area contributed by atoms with Crippen LogP contribution in [-0.4, -0.2) is 38.6 Å². The summed E-state index contributed by atoms with van der Waals surface area (Å²) >= 11 is 1.66. The number of aryl methyl sites for hydroxylation is 2. The standard InChI is InChI=1S/C19H21F2N5O2S/c1-11-12(2)29-17-15(11)16(23-10-24-17)25-6-3-13(4-7-25)18(27)28-9-14-22-5-8-26(14)19(20)21/h5,8,10,13,19H,3-4,6-7,9H2,1-2H3. The Kier molecular flexibility index (Phi) is 5.44. The van der Waals surface area contributed by atoms with Gasteiger partial charge in [-0.3, -0.25) is 9.36 Å². The highest BCUT2D eigenvalue weighted by atomic mass is 32.1. The van der Waals surface area contributed by atoms with Crippen molar-refractivity contribution in [2.45, 2.75) is 39.8 Å². The number of hydrogen-bond acceptors (Lipinski definition) is 7. The van der Waals surface area contributed by atoms with Crippen LogP contribution in [0.25, 0.3) is 10.2 Å². The minimum atomic E-state index is -2.71. The lowest BCUT2D eigenvalue weighted by atomic mass is 9.97. The second-order valence-corrected chi connectivity index (χ2v) is 8.26. The van der Waals surface area contributed by atoms with Gasteiger partial charge in [0, 0.05) is 30.4 Å². The molecule has 0 amide bonds. The van der Waals surface area contributed by atoms with E-state index in [1.165, 1.54) is 22.8 Å². The Morgan fingerprint density at radius 1 is 1.28 bits per heavy atom. The lowest BCUT2D eigenvalue weighted by Gasteiger charge is -2.32. The maximum Gasteiger partial charge on any atom is 0.320 e. The number of nitrogens with zero attached hydrogens (tertiary/aromatic N) is 5. The molecule has 0 atom stereocenters. The Morgan fingerprint density at radius 3 is 2.76 bits per heavy atom. The molecule has 3 aromatic heterocycles. The van der Waals surface area contributed by atoms with Crippen LogP contribution in [-0.2, 0) is 16.1 Å². The van der Waals surface area contributed by atoms with Crippen LogP contribution in [0.15, 0.2) is 18.7 Å². The second-order valence-electron chi connectivity index (χ2n) is 7.06. The van der Waals surface area contributed by atoms with Gasteiger partial charge in [-0.05, 0) is 32.3 Å². The van der Waals surface area contributed by atoms with Crippen LogP contribution in [0.4, 0.5) is 14.6 Å². The molecule has 0 aromatic carbocycles. The normalized spacial score (nSPS) is 15.4. The van der Waals surface area contributed by atoms with E-state index in [2.05, 4.69) is 33.7 Å². The molecule has 154 valence electrons. The maximum absolute atomic E-state index is 12.9. The smallest absolute Gasteiger partial charge is 0.320 e. The van der Waals surface area contributed by atoms with E-state index in [1.807, 2.05) is 0 Å². The van der Waals surface area contributed by atoms with Crippen molar-refractivity contribution in [3.8, 4) is 0 Å². The number of carbonyl (C=O) groups is 1. The first kappa shape index (κ1) is 19.7. The Morgan fingerprint density at radius 2 is 2.03 bits per heavy atom. The third-order valence-corrected chi connectivity index (χ3v) is 6.49. The van der Waals surface area contributed by atoms with E-state index >= 15 is 0 Å². The van der Waals surface area contributed by atoms with Crippen molar-refractivity contribution in [1.29, 1.82) is 0 Å². The molecule has 0 radical (unpaired) electrons. The number of esters is 1. The quantitative estimate of drug-likeness (QED) is 0.583. The summed E-state index contributed by atoms with van der Waals surface area (Å²) in [4.78, 5) is 29.5. The number of piperidine rings is 1. The third kappa shape index (κ3) is 3.81. The molecular weight excluding hydrogens is 400 g/mol. The van der Waals surface area contributed by atoms with Crippen molar-refractivity contribution in [2.24, 2.45) is 5.92 Å². The topological polar surface area (TPSA) is 73.1 Å². The number of alkyl halides is 2. The van der Waals surface area contributed by atoms with E-state index in [4.69, 9.17) is 4.74 Å². The molecule has 0 bridgehead atoms. The molecule has 29 heavy (non-hydrogen) atoms. The summed E-state index contributed by atoms with van der Waals surface area (Å²) in [5, 5.41) is 1.08. The van der Waals surface area contributed by atoms with Crippen LogP contribution in [0, 0.1) is 19.8 Å². The Bertz CT molecular complexity index is 1030. The number of halogens is 2. The molecule has 0 aliphatic carbocycles. The lowest BCUT2D eigenvalue weighted by molar-refractivity contribution is -0.151. The molecule has 7 nitrogen and oxygen atoms in total. The Labute approximate surface area is 170 Å². The third-order valence-electron chi connectivity index (χ3n) is 5.38. The highest BCUT2D eigenvalue weighted by molar-refractivity contribution is 7.18. The van der Waals surface area contributed by atoms with Gasteiger partial charge >= 0.3 is 12.5 Å². The molecule has 1 aliphatic rings. The number of aromatic nitrogens is 4. The fourth-order valence-electron chi connectivity index (χ4n) is 3.62. The molecule has 4 rings (SSSR count). The van der Waals surface area contributed by atoms with Crippen LogP contribution >= 0.6 is 11.3 Å². The van der Waals surface area contributed by atoms with Crippen LogP contribution in [0.2, 0.25) is 0 Å². The summed E-state index contributed by atoms with van der Waals surface area (Å²) < 4.78 is 31.7. The zero-order valence-corrected chi connectivity index (χ0v) is 17.0. The van der Waals surface area contributed by atoms with Crippen molar-refractivity contribution in [1.82, 2.24) is 19.5 Å². The number of ether oxygens (including phenoxy) is 1. The molecule has 1 aliphatic heterocycles. The Hall–Kier alpha value is -2.62. The van der Waals surface area contributed by atoms with Crippen LogP contribution in [0.5, 0.6) is 0 Å². The van der Waals surface area contributed by atoms with E-state index < -0.39 is 6.55 Å². The molecule has 4 heterocycles. The number of rotatable bonds is 5. The van der Waals surface area contributed by atoms with Gasteiger partial charge in [0.15, 0.2) is 5.82 Å². The number of fused-ring (bicyclic) bond motifs is 1. The van der Waals surface area contributed by atoms with Crippen LogP contribution in [0.1, 0.15) is 35.7 Å². The van der Waals surface area contributed by atoms with Gasteiger partial charge in [0.05, 0.1) is 11.3 Å². The second kappa shape index (κ2) is 8.02. The average molecular weight is 421 g/mol. The summed E-state index contributed by atoms with van der Waals surface area (Å²) in [5.41, 5.74) is 1.19. The zero-order chi connectivity index (χ0) is 20.5. The van der Waals surface area contributed by atoms with Gasteiger partial charge in [-0.2, -0.15) is 8.78 Å². The summed E-state index contributed by atoms with van der Waals surface area (Å²) in [6.45, 7) is 2.54. The van der Waals surface area contributed by atoms with Gasteiger partial charge in [-0.25, -0.2) is 15.0 Å². The molecule has 10 heteroatoms. The number of imidazole rings is 1. The first-order valence-electron chi connectivity index (χ1n) is 9.38. The van der Waals surface area contributed by atoms with Crippen molar-refractivity contribution < 1.29 is 18.3 Å². The molecule has 1 saturated heterocycles. The predicted octanol–water partition coefficient (Wildman–Crippen LogP) is 3.86. The summed E-state index contributed by atoms with van der Waals surface area (Å²) in [7, 11) is 0. The number of anilines is 1. The fraction of sp³-hybridized carbons (Fsp3) is 0.474. The summed E-state index contributed by atoms with van der Waals surface area (Å²) in [6, 6.07) is 0. The zero-order valence-electron chi connectivity index (χ0n) is 16.1. The minimum Gasteiger partial charge on any atom is -0.457 e. The highest BCUT2D eigenvalue weighted by Gasteiger charge is 2.28. The molecule has 0 unspecified atom stereocenters. The molecule has 0 saturated carbocycles. The van der Waals surface area contributed by atoms with E-state index in [0.29, 0.717) is 30.5 Å². The van der Waals surface area contributed by atoms with E-state index in [0.717, 1.165) is 16.0 Å².